The Morgan fingerprint density at radius 3 is 2.57 bits per heavy atom. The van der Waals surface area contributed by atoms with E-state index < -0.39 is 0 Å². The third kappa shape index (κ3) is 4.99. The second kappa shape index (κ2) is 8.02. The number of nitrogens with one attached hydrogen (secondary N) is 1. The topological polar surface area (TPSA) is 47.6 Å². The van der Waals surface area contributed by atoms with Crippen molar-refractivity contribution in [2.24, 2.45) is 0 Å². The molecule has 1 N–H and O–H groups in total. The van der Waals surface area contributed by atoms with Gasteiger partial charge in [-0.1, -0.05) is 33.6 Å². The molecule has 0 spiro atoms. The van der Waals surface area contributed by atoms with Gasteiger partial charge >= 0.3 is 0 Å². The molecular formula is C18H20BrNO3. The summed E-state index contributed by atoms with van der Waals surface area (Å²) in [5, 5.41) is 2.84. The van der Waals surface area contributed by atoms with Crippen LogP contribution in [-0.4, -0.2) is 19.6 Å². The molecule has 0 aliphatic rings. The lowest BCUT2D eigenvalue weighted by atomic mass is 10.1. The van der Waals surface area contributed by atoms with Gasteiger partial charge in [-0.25, -0.2) is 0 Å². The third-order valence-electron chi connectivity index (χ3n) is 3.35. The van der Waals surface area contributed by atoms with Crippen molar-refractivity contribution in [2.75, 3.05) is 19.0 Å². The van der Waals surface area contributed by atoms with Crippen LogP contribution in [-0.2, 0) is 4.79 Å². The number of halogens is 1. The SMILES string of the molecule is COc1ccc(Br)cc1NC(=O)CCOc1ccc(C)cc1C. The maximum Gasteiger partial charge on any atom is 0.227 e. The van der Waals surface area contributed by atoms with Gasteiger partial charge in [-0.05, 0) is 43.7 Å². The number of rotatable bonds is 6. The zero-order valence-corrected chi connectivity index (χ0v) is 15.1. The first kappa shape index (κ1) is 17.3. The van der Waals surface area contributed by atoms with Crippen molar-refractivity contribution in [3.8, 4) is 11.5 Å². The van der Waals surface area contributed by atoms with E-state index in [1.807, 2.05) is 38.1 Å². The van der Waals surface area contributed by atoms with Crippen LogP contribution in [0.1, 0.15) is 17.5 Å². The van der Waals surface area contributed by atoms with Gasteiger partial charge in [-0.15, -0.1) is 0 Å². The van der Waals surface area contributed by atoms with Crippen LogP contribution in [0.15, 0.2) is 40.9 Å². The van der Waals surface area contributed by atoms with Gasteiger partial charge in [-0.2, -0.15) is 0 Å². The van der Waals surface area contributed by atoms with Crippen molar-refractivity contribution < 1.29 is 14.3 Å². The summed E-state index contributed by atoms with van der Waals surface area (Å²) < 4.78 is 11.8. The zero-order chi connectivity index (χ0) is 16.8. The predicted molar refractivity (Wildman–Crippen MR) is 95.4 cm³/mol. The molecule has 0 aromatic heterocycles. The average molecular weight is 378 g/mol. The highest BCUT2D eigenvalue weighted by Gasteiger charge is 2.09. The van der Waals surface area contributed by atoms with Crippen LogP contribution in [0.25, 0.3) is 0 Å². The van der Waals surface area contributed by atoms with Crippen molar-refractivity contribution in [1.82, 2.24) is 0 Å². The summed E-state index contributed by atoms with van der Waals surface area (Å²) in [5.74, 6) is 1.31. The molecule has 0 bridgehead atoms. The van der Waals surface area contributed by atoms with Gasteiger partial charge in [0.15, 0.2) is 0 Å². The normalized spacial score (nSPS) is 10.3. The molecule has 0 radical (unpaired) electrons. The molecule has 0 atom stereocenters. The van der Waals surface area contributed by atoms with Crippen molar-refractivity contribution >= 4 is 27.5 Å². The Morgan fingerprint density at radius 2 is 1.87 bits per heavy atom. The minimum Gasteiger partial charge on any atom is -0.495 e. The molecule has 2 aromatic carbocycles. The molecule has 0 aliphatic carbocycles. The fourth-order valence-electron chi connectivity index (χ4n) is 2.21. The number of anilines is 1. The second-order valence-corrected chi connectivity index (χ2v) is 6.18. The number of hydrogen-bond donors (Lipinski definition) is 1. The van der Waals surface area contributed by atoms with Gasteiger partial charge in [0.05, 0.1) is 25.8 Å². The maximum atomic E-state index is 12.1. The Kier molecular flexibility index (Phi) is 6.04. The molecule has 1 amide bonds. The summed E-state index contributed by atoms with van der Waals surface area (Å²) in [5.41, 5.74) is 2.90. The molecule has 0 unspecified atom stereocenters. The number of methoxy groups -OCH3 is 1. The van der Waals surface area contributed by atoms with Crippen molar-refractivity contribution in [2.45, 2.75) is 20.3 Å². The van der Waals surface area contributed by atoms with Crippen LogP contribution in [0.2, 0.25) is 0 Å². The first-order chi connectivity index (χ1) is 11.0. The van der Waals surface area contributed by atoms with Gasteiger partial charge in [0.2, 0.25) is 5.91 Å². The predicted octanol–water partition coefficient (Wildman–Crippen LogP) is 4.48. The van der Waals surface area contributed by atoms with Crippen LogP contribution in [0.3, 0.4) is 0 Å². The van der Waals surface area contributed by atoms with Gasteiger partial charge in [0.1, 0.15) is 11.5 Å². The molecule has 2 aromatic rings. The monoisotopic (exact) mass is 377 g/mol. The fourth-order valence-corrected chi connectivity index (χ4v) is 2.57. The molecular weight excluding hydrogens is 358 g/mol. The molecule has 0 saturated heterocycles. The van der Waals surface area contributed by atoms with Crippen molar-refractivity contribution in [3.63, 3.8) is 0 Å². The molecule has 4 nitrogen and oxygen atoms in total. The lowest BCUT2D eigenvalue weighted by Crippen LogP contribution is -2.16. The molecule has 0 aliphatic heterocycles. The smallest absolute Gasteiger partial charge is 0.227 e. The largest absolute Gasteiger partial charge is 0.495 e. The van der Waals surface area contributed by atoms with E-state index in [4.69, 9.17) is 9.47 Å². The molecule has 0 heterocycles. The highest BCUT2D eigenvalue weighted by atomic mass is 79.9. The van der Waals surface area contributed by atoms with Crippen LogP contribution in [0.4, 0.5) is 5.69 Å². The summed E-state index contributed by atoms with van der Waals surface area (Å²) in [4.78, 5) is 12.1. The van der Waals surface area contributed by atoms with Gasteiger partial charge in [-0.3, -0.25) is 4.79 Å². The Labute approximate surface area is 144 Å². The highest BCUT2D eigenvalue weighted by molar-refractivity contribution is 9.10. The van der Waals surface area contributed by atoms with E-state index in [0.29, 0.717) is 18.0 Å². The average Bonchev–Trinajstić information content (AvgIpc) is 2.50. The van der Waals surface area contributed by atoms with E-state index in [-0.39, 0.29) is 12.3 Å². The number of carbonyl (C=O) groups is 1. The number of ether oxygens (including phenoxy) is 2. The second-order valence-electron chi connectivity index (χ2n) is 5.26. The van der Waals surface area contributed by atoms with E-state index in [1.54, 1.807) is 13.2 Å². The van der Waals surface area contributed by atoms with Gasteiger partial charge in [0.25, 0.3) is 0 Å². The van der Waals surface area contributed by atoms with E-state index in [2.05, 4.69) is 27.3 Å². The zero-order valence-electron chi connectivity index (χ0n) is 13.5. The summed E-state index contributed by atoms with van der Waals surface area (Å²) in [7, 11) is 1.57. The Hall–Kier alpha value is -2.01. The van der Waals surface area contributed by atoms with Crippen LogP contribution in [0, 0.1) is 13.8 Å². The Morgan fingerprint density at radius 1 is 1.13 bits per heavy atom. The number of hydrogen-bond acceptors (Lipinski definition) is 3. The van der Waals surface area contributed by atoms with Crippen LogP contribution in [0.5, 0.6) is 11.5 Å². The van der Waals surface area contributed by atoms with E-state index >= 15 is 0 Å². The lowest BCUT2D eigenvalue weighted by Gasteiger charge is -2.12. The Balaban J connectivity index is 1.89. The maximum absolute atomic E-state index is 12.1. The molecule has 23 heavy (non-hydrogen) atoms. The summed E-state index contributed by atoms with van der Waals surface area (Å²) in [6.45, 7) is 4.36. The van der Waals surface area contributed by atoms with E-state index in [9.17, 15) is 4.79 Å². The van der Waals surface area contributed by atoms with Gasteiger partial charge in [0, 0.05) is 4.47 Å². The quantitative estimate of drug-likeness (QED) is 0.806. The summed E-state index contributed by atoms with van der Waals surface area (Å²) in [6, 6.07) is 11.4. The number of benzene rings is 2. The fraction of sp³-hybridized carbons (Fsp3) is 0.278. The first-order valence-corrected chi connectivity index (χ1v) is 8.12. The van der Waals surface area contributed by atoms with Crippen LogP contribution < -0.4 is 14.8 Å². The van der Waals surface area contributed by atoms with Crippen LogP contribution >= 0.6 is 15.9 Å². The summed E-state index contributed by atoms with van der Waals surface area (Å²) >= 11 is 3.38. The number of carbonyl (C=O) groups excluding carboxylic acids is 1. The minimum absolute atomic E-state index is 0.119. The number of aryl methyl sites for hydroxylation is 2. The highest BCUT2D eigenvalue weighted by Crippen LogP contribution is 2.28. The minimum atomic E-state index is -0.119. The number of amides is 1. The van der Waals surface area contributed by atoms with E-state index in [0.717, 1.165) is 15.8 Å². The summed E-state index contributed by atoms with van der Waals surface area (Å²) in [6.07, 6.45) is 0.267. The lowest BCUT2D eigenvalue weighted by molar-refractivity contribution is -0.116. The molecule has 2 rings (SSSR count). The van der Waals surface area contributed by atoms with Gasteiger partial charge < -0.3 is 14.8 Å². The Bertz CT molecular complexity index is 701. The first-order valence-electron chi connectivity index (χ1n) is 7.33. The molecule has 0 fully saturated rings. The van der Waals surface area contributed by atoms with Crippen molar-refractivity contribution in [1.29, 1.82) is 0 Å². The molecule has 5 heteroatoms. The standard InChI is InChI=1S/C18H20BrNO3/c1-12-4-6-16(13(2)10-12)23-9-8-18(21)20-15-11-14(19)5-7-17(15)22-3/h4-7,10-11H,8-9H2,1-3H3,(H,20,21). The van der Waals surface area contributed by atoms with E-state index in [1.165, 1.54) is 5.56 Å². The molecule has 0 saturated carbocycles. The van der Waals surface area contributed by atoms with Crippen molar-refractivity contribution in [3.05, 3.63) is 52.0 Å². The molecule has 122 valence electrons. The third-order valence-corrected chi connectivity index (χ3v) is 3.85.